The summed E-state index contributed by atoms with van der Waals surface area (Å²) in [5.41, 5.74) is 1.07. The molecule has 0 aliphatic carbocycles. The van der Waals surface area contributed by atoms with Gasteiger partial charge in [0, 0.05) is 31.6 Å². The van der Waals surface area contributed by atoms with Crippen LogP contribution in [0.4, 0.5) is 0 Å². The average Bonchev–Trinajstić information content (AvgIpc) is 3.11. The van der Waals surface area contributed by atoms with Crippen molar-refractivity contribution < 1.29 is 14.3 Å². The second kappa shape index (κ2) is 10.4. The van der Waals surface area contributed by atoms with E-state index in [1.165, 1.54) is 0 Å². The maximum Gasteiger partial charge on any atom is 0.223 e. The molecule has 1 aliphatic heterocycles. The Morgan fingerprint density at radius 2 is 1.92 bits per heavy atom. The molecule has 0 radical (unpaired) electrons. The van der Waals surface area contributed by atoms with E-state index in [1.54, 1.807) is 14.2 Å². The number of benzene rings is 1. The third-order valence-corrected chi connectivity index (χ3v) is 4.30. The molecule has 1 aromatic rings. The van der Waals surface area contributed by atoms with E-state index in [-0.39, 0.29) is 18.3 Å². The van der Waals surface area contributed by atoms with E-state index in [4.69, 9.17) is 9.47 Å². The van der Waals surface area contributed by atoms with Gasteiger partial charge in [0.05, 0.1) is 14.2 Å². The molecular weight excluding hydrogens is 328 g/mol. The number of carbonyl (C=O) groups is 1. The molecule has 0 aromatic heterocycles. The normalized spacial score (nSPS) is 16.4. The number of methoxy groups -OCH3 is 2. The first kappa shape index (κ1) is 20.6. The van der Waals surface area contributed by atoms with Crippen molar-refractivity contribution in [2.75, 3.05) is 33.9 Å². The predicted octanol–water partition coefficient (Wildman–Crippen LogP) is 2.66. The molecular formula is C18H29ClN2O3. The zero-order chi connectivity index (χ0) is 16.7. The Morgan fingerprint density at radius 1 is 1.25 bits per heavy atom. The van der Waals surface area contributed by atoms with Crippen LogP contribution in [0.2, 0.25) is 0 Å². The van der Waals surface area contributed by atoms with Crippen LogP contribution in [-0.4, -0.2) is 50.7 Å². The number of rotatable bonds is 8. The van der Waals surface area contributed by atoms with Gasteiger partial charge in [-0.05, 0) is 43.5 Å². The number of nitrogens with one attached hydrogen (secondary N) is 1. The van der Waals surface area contributed by atoms with Gasteiger partial charge in [0.2, 0.25) is 5.91 Å². The lowest BCUT2D eigenvalue weighted by Crippen LogP contribution is -2.42. The Labute approximate surface area is 151 Å². The van der Waals surface area contributed by atoms with E-state index < -0.39 is 0 Å². The third-order valence-electron chi connectivity index (χ3n) is 4.30. The first-order chi connectivity index (χ1) is 11.2. The van der Waals surface area contributed by atoms with Gasteiger partial charge in [-0.15, -0.1) is 12.4 Å². The summed E-state index contributed by atoms with van der Waals surface area (Å²) >= 11 is 0. The second-order valence-electron chi connectivity index (χ2n) is 5.95. The van der Waals surface area contributed by atoms with E-state index >= 15 is 0 Å². The van der Waals surface area contributed by atoms with Crippen LogP contribution < -0.4 is 14.8 Å². The SMILES string of the molecule is CCCN(C(=O)CCc1cc(OC)cc(OC)c1)C1CCNC1.Cl. The van der Waals surface area contributed by atoms with Gasteiger partial charge in [-0.3, -0.25) is 4.79 Å². The largest absolute Gasteiger partial charge is 0.497 e. The Morgan fingerprint density at radius 3 is 2.42 bits per heavy atom. The summed E-state index contributed by atoms with van der Waals surface area (Å²) in [5, 5.41) is 3.34. The molecule has 2 rings (SSSR count). The Bertz CT molecular complexity index is 497. The zero-order valence-electron chi connectivity index (χ0n) is 14.8. The van der Waals surface area contributed by atoms with E-state index in [0.717, 1.165) is 49.5 Å². The van der Waals surface area contributed by atoms with E-state index in [1.807, 2.05) is 18.2 Å². The molecule has 1 unspecified atom stereocenters. The fourth-order valence-corrected chi connectivity index (χ4v) is 3.06. The molecule has 0 spiro atoms. The lowest BCUT2D eigenvalue weighted by atomic mass is 10.1. The molecule has 1 saturated heterocycles. The zero-order valence-corrected chi connectivity index (χ0v) is 15.7. The maximum atomic E-state index is 12.6. The van der Waals surface area contributed by atoms with Gasteiger partial charge in [0.15, 0.2) is 0 Å². The fraction of sp³-hybridized carbons (Fsp3) is 0.611. The van der Waals surface area contributed by atoms with Gasteiger partial charge in [0.1, 0.15) is 11.5 Å². The first-order valence-electron chi connectivity index (χ1n) is 8.40. The molecule has 1 fully saturated rings. The molecule has 136 valence electrons. The maximum absolute atomic E-state index is 12.6. The van der Waals surface area contributed by atoms with Gasteiger partial charge in [0.25, 0.3) is 0 Å². The van der Waals surface area contributed by atoms with Gasteiger partial charge in [-0.1, -0.05) is 6.92 Å². The summed E-state index contributed by atoms with van der Waals surface area (Å²) in [5.74, 6) is 1.76. The molecule has 6 heteroatoms. The van der Waals surface area contributed by atoms with E-state index in [2.05, 4.69) is 17.1 Å². The van der Waals surface area contributed by atoms with Crippen molar-refractivity contribution in [3.8, 4) is 11.5 Å². The van der Waals surface area contributed by atoms with Crippen LogP contribution in [0.1, 0.15) is 31.7 Å². The lowest BCUT2D eigenvalue weighted by molar-refractivity contribution is -0.133. The smallest absolute Gasteiger partial charge is 0.223 e. The van der Waals surface area contributed by atoms with Crippen LogP contribution in [0.3, 0.4) is 0 Å². The number of halogens is 1. The average molecular weight is 357 g/mol. The molecule has 1 N–H and O–H groups in total. The summed E-state index contributed by atoms with van der Waals surface area (Å²) in [6, 6.07) is 6.13. The summed E-state index contributed by atoms with van der Waals surface area (Å²) in [4.78, 5) is 14.7. The van der Waals surface area contributed by atoms with Crippen molar-refractivity contribution in [2.24, 2.45) is 0 Å². The van der Waals surface area contributed by atoms with Gasteiger partial charge < -0.3 is 19.7 Å². The minimum absolute atomic E-state index is 0. The Balaban J connectivity index is 0.00000288. The van der Waals surface area contributed by atoms with Crippen LogP contribution >= 0.6 is 12.4 Å². The highest BCUT2D eigenvalue weighted by Gasteiger charge is 2.25. The minimum atomic E-state index is 0. The Kier molecular flexibility index (Phi) is 8.93. The van der Waals surface area contributed by atoms with Crippen LogP contribution in [0.15, 0.2) is 18.2 Å². The number of carbonyl (C=O) groups excluding carboxylic acids is 1. The number of amides is 1. The highest BCUT2D eigenvalue weighted by molar-refractivity contribution is 5.85. The number of hydrogen-bond donors (Lipinski definition) is 1. The van der Waals surface area contributed by atoms with Crippen LogP contribution in [0.25, 0.3) is 0 Å². The van der Waals surface area contributed by atoms with Gasteiger partial charge >= 0.3 is 0 Å². The second-order valence-corrected chi connectivity index (χ2v) is 5.95. The summed E-state index contributed by atoms with van der Waals surface area (Å²) < 4.78 is 10.6. The van der Waals surface area contributed by atoms with Crippen molar-refractivity contribution in [1.82, 2.24) is 10.2 Å². The van der Waals surface area contributed by atoms with Crippen LogP contribution in [0, 0.1) is 0 Å². The van der Waals surface area contributed by atoms with Crippen molar-refractivity contribution in [2.45, 2.75) is 38.6 Å². The molecule has 1 aliphatic rings. The predicted molar refractivity (Wildman–Crippen MR) is 98.4 cm³/mol. The first-order valence-corrected chi connectivity index (χ1v) is 8.40. The fourth-order valence-electron chi connectivity index (χ4n) is 3.06. The van der Waals surface area contributed by atoms with Crippen molar-refractivity contribution in [3.05, 3.63) is 23.8 Å². The highest BCUT2D eigenvalue weighted by atomic mass is 35.5. The van der Waals surface area contributed by atoms with Crippen molar-refractivity contribution in [3.63, 3.8) is 0 Å². The minimum Gasteiger partial charge on any atom is -0.497 e. The summed E-state index contributed by atoms with van der Waals surface area (Å²) in [6.07, 6.45) is 3.27. The molecule has 0 saturated carbocycles. The molecule has 24 heavy (non-hydrogen) atoms. The van der Waals surface area contributed by atoms with Crippen molar-refractivity contribution >= 4 is 18.3 Å². The molecule has 1 atom stereocenters. The molecule has 0 bridgehead atoms. The molecule has 1 heterocycles. The van der Waals surface area contributed by atoms with Crippen LogP contribution in [0.5, 0.6) is 11.5 Å². The number of aryl methyl sites for hydroxylation is 1. The molecule has 1 aromatic carbocycles. The van der Waals surface area contributed by atoms with Gasteiger partial charge in [-0.25, -0.2) is 0 Å². The third kappa shape index (κ3) is 5.56. The quantitative estimate of drug-likeness (QED) is 0.778. The monoisotopic (exact) mass is 356 g/mol. The lowest BCUT2D eigenvalue weighted by Gasteiger charge is -2.28. The molecule has 5 nitrogen and oxygen atoms in total. The number of nitrogens with zero attached hydrogens (tertiary/aromatic N) is 1. The molecule has 1 amide bonds. The summed E-state index contributed by atoms with van der Waals surface area (Å²) in [7, 11) is 3.28. The standard InChI is InChI=1S/C18H28N2O3.ClH/c1-4-9-20(15-7-8-19-13-15)18(21)6-5-14-10-16(22-2)12-17(11-14)23-3;/h10-12,15,19H,4-9,13H2,1-3H3;1H. The van der Waals surface area contributed by atoms with Crippen LogP contribution in [-0.2, 0) is 11.2 Å². The summed E-state index contributed by atoms with van der Waals surface area (Å²) in [6.45, 7) is 4.88. The Hall–Kier alpha value is -1.46. The topological polar surface area (TPSA) is 50.8 Å². The number of ether oxygens (including phenoxy) is 2. The highest BCUT2D eigenvalue weighted by Crippen LogP contribution is 2.23. The van der Waals surface area contributed by atoms with Gasteiger partial charge in [-0.2, -0.15) is 0 Å². The number of hydrogen-bond acceptors (Lipinski definition) is 4. The van der Waals surface area contributed by atoms with E-state index in [9.17, 15) is 4.79 Å². The van der Waals surface area contributed by atoms with E-state index in [0.29, 0.717) is 18.9 Å². The van der Waals surface area contributed by atoms with Crippen molar-refractivity contribution in [1.29, 1.82) is 0 Å².